The smallest absolute Gasteiger partial charge is 0.307 e. The molecule has 1 N–H and O–H groups in total. The molecular weight excluding hydrogens is 252 g/mol. The van der Waals surface area contributed by atoms with Crippen LogP contribution in [-0.4, -0.2) is 18.2 Å². The minimum Gasteiger partial charge on any atom is -0.496 e. The molecule has 0 radical (unpaired) electrons. The number of carboxylic acids is 1. The molecule has 0 spiro atoms. The first kappa shape index (κ1) is 16.3. The molecule has 110 valence electrons. The maximum Gasteiger partial charge on any atom is 0.307 e. The van der Waals surface area contributed by atoms with Gasteiger partial charge in [0.25, 0.3) is 0 Å². The first-order valence-corrected chi connectivity index (χ1v) is 7.08. The Bertz CT molecular complexity index is 487. The maximum atomic E-state index is 10.8. The Morgan fingerprint density at radius 3 is 2.60 bits per heavy atom. The number of hydrogen-bond acceptors (Lipinski definition) is 2. The summed E-state index contributed by atoms with van der Waals surface area (Å²) < 4.78 is 5.39. The number of rotatable bonds is 7. The van der Waals surface area contributed by atoms with Gasteiger partial charge in [0.2, 0.25) is 0 Å². The number of carboxylic acid groups (broad SMARTS) is 1. The van der Waals surface area contributed by atoms with Crippen LogP contribution in [0.2, 0.25) is 0 Å². The number of aliphatic carboxylic acids is 1. The van der Waals surface area contributed by atoms with E-state index in [1.807, 2.05) is 18.2 Å². The summed E-state index contributed by atoms with van der Waals surface area (Å²) in [6, 6.07) is 6.09. The molecule has 0 fully saturated rings. The van der Waals surface area contributed by atoms with Gasteiger partial charge in [0.15, 0.2) is 0 Å². The van der Waals surface area contributed by atoms with Gasteiger partial charge in [-0.3, -0.25) is 4.79 Å². The van der Waals surface area contributed by atoms with E-state index in [0.717, 1.165) is 35.3 Å². The third kappa shape index (κ3) is 4.41. The van der Waals surface area contributed by atoms with Gasteiger partial charge in [-0.1, -0.05) is 39.3 Å². The van der Waals surface area contributed by atoms with Crippen LogP contribution in [0.1, 0.15) is 57.1 Å². The maximum absolute atomic E-state index is 10.8. The van der Waals surface area contributed by atoms with Crippen LogP contribution in [-0.2, 0) is 4.79 Å². The number of methoxy groups -OCH3 is 1. The van der Waals surface area contributed by atoms with Crippen LogP contribution >= 0.6 is 0 Å². The summed E-state index contributed by atoms with van der Waals surface area (Å²) >= 11 is 0. The Balaban J connectivity index is 3.17. The normalized spacial score (nSPS) is 11.8. The van der Waals surface area contributed by atoms with Gasteiger partial charge in [0, 0.05) is 0 Å². The number of allylic oxidation sites excluding steroid dienone is 1. The fourth-order valence-electron chi connectivity index (χ4n) is 2.23. The SMILES string of the molecule is CCC/C(=C\CC(=O)O)c1ccc(OC)c(C(C)C)c1. The summed E-state index contributed by atoms with van der Waals surface area (Å²) in [6.07, 6.45) is 3.77. The Morgan fingerprint density at radius 1 is 1.40 bits per heavy atom. The lowest BCUT2D eigenvalue weighted by molar-refractivity contribution is -0.135. The third-order valence-corrected chi connectivity index (χ3v) is 3.26. The number of carbonyl (C=O) groups is 1. The Hall–Kier alpha value is -1.77. The van der Waals surface area contributed by atoms with Crippen LogP contribution in [0.5, 0.6) is 5.75 Å². The molecule has 0 aliphatic heterocycles. The summed E-state index contributed by atoms with van der Waals surface area (Å²) in [5.41, 5.74) is 3.35. The molecule has 1 aromatic rings. The second-order valence-electron chi connectivity index (χ2n) is 5.19. The number of ether oxygens (including phenoxy) is 1. The van der Waals surface area contributed by atoms with Gasteiger partial charge in [0.1, 0.15) is 5.75 Å². The van der Waals surface area contributed by atoms with Gasteiger partial charge in [-0.15, -0.1) is 0 Å². The van der Waals surface area contributed by atoms with Crippen molar-refractivity contribution in [3.05, 3.63) is 35.4 Å². The van der Waals surface area contributed by atoms with Crippen LogP contribution in [0.4, 0.5) is 0 Å². The molecular formula is C17H24O3. The monoisotopic (exact) mass is 276 g/mol. The predicted molar refractivity (Wildman–Crippen MR) is 82.2 cm³/mol. The van der Waals surface area contributed by atoms with E-state index in [1.54, 1.807) is 7.11 Å². The average molecular weight is 276 g/mol. The van der Waals surface area contributed by atoms with Crippen molar-refractivity contribution in [1.29, 1.82) is 0 Å². The van der Waals surface area contributed by atoms with Crippen molar-refractivity contribution in [2.75, 3.05) is 7.11 Å². The molecule has 1 rings (SSSR count). The van der Waals surface area contributed by atoms with Crippen molar-refractivity contribution in [2.24, 2.45) is 0 Å². The van der Waals surface area contributed by atoms with Crippen molar-refractivity contribution in [2.45, 2.75) is 46.0 Å². The van der Waals surface area contributed by atoms with E-state index >= 15 is 0 Å². The molecule has 0 aliphatic carbocycles. The van der Waals surface area contributed by atoms with E-state index < -0.39 is 5.97 Å². The highest BCUT2D eigenvalue weighted by molar-refractivity contribution is 5.74. The van der Waals surface area contributed by atoms with Crippen molar-refractivity contribution in [3.8, 4) is 5.75 Å². The summed E-state index contributed by atoms with van der Waals surface area (Å²) in [7, 11) is 1.67. The van der Waals surface area contributed by atoms with Crippen LogP contribution < -0.4 is 4.74 Å². The van der Waals surface area contributed by atoms with Gasteiger partial charge in [-0.05, 0) is 41.2 Å². The van der Waals surface area contributed by atoms with E-state index in [4.69, 9.17) is 9.84 Å². The molecule has 0 amide bonds. The van der Waals surface area contributed by atoms with Gasteiger partial charge >= 0.3 is 5.97 Å². The highest BCUT2D eigenvalue weighted by Crippen LogP contribution is 2.31. The van der Waals surface area contributed by atoms with E-state index in [0.29, 0.717) is 5.92 Å². The second kappa shape index (κ2) is 7.73. The molecule has 0 saturated heterocycles. The van der Waals surface area contributed by atoms with Gasteiger partial charge in [-0.2, -0.15) is 0 Å². The van der Waals surface area contributed by atoms with Crippen LogP contribution in [0.15, 0.2) is 24.3 Å². The predicted octanol–water partition coefficient (Wildman–Crippen LogP) is 4.48. The summed E-state index contributed by atoms with van der Waals surface area (Å²) in [5, 5.41) is 8.84. The van der Waals surface area contributed by atoms with Crippen molar-refractivity contribution in [1.82, 2.24) is 0 Å². The van der Waals surface area contributed by atoms with Gasteiger partial charge in [0.05, 0.1) is 13.5 Å². The molecule has 0 unspecified atom stereocenters. The molecule has 0 bridgehead atoms. The second-order valence-corrected chi connectivity index (χ2v) is 5.19. The number of hydrogen-bond donors (Lipinski definition) is 1. The largest absolute Gasteiger partial charge is 0.496 e. The zero-order valence-corrected chi connectivity index (χ0v) is 12.8. The Labute approximate surface area is 121 Å². The molecule has 20 heavy (non-hydrogen) atoms. The van der Waals surface area contributed by atoms with Crippen molar-refractivity contribution >= 4 is 11.5 Å². The molecule has 0 atom stereocenters. The lowest BCUT2D eigenvalue weighted by Gasteiger charge is -2.15. The molecule has 3 heteroatoms. The fourth-order valence-corrected chi connectivity index (χ4v) is 2.23. The standard InChI is InChI=1S/C17H24O3/c1-5-6-13(8-10-17(18)19)14-7-9-16(20-4)15(11-14)12(2)3/h7-9,11-12H,5-6,10H2,1-4H3,(H,18,19)/b13-8+. The minimum absolute atomic E-state index is 0.0678. The molecule has 0 heterocycles. The van der Waals surface area contributed by atoms with Crippen LogP contribution in [0.25, 0.3) is 5.57 Å². The zero-order valence-electron chi connectivity index (χ0n) is 12.8. The lowest BCUT2D eigenvalue weighted by Crippen LogP contribution is -1.97. The zero-order chi connectivity index (χ0) is 15.1. The van der Waals surface area contributed by atoms with Crippen LogP contribution in [0, 0.1) is 0 Å². The van der Waals surface area contributed by atoms with Crippen molar-refractivity contribution < 1.29 is 14.6 Å². The number of benzene rings is 1. The van der Waals surface area contributed by atoms with Gasteiger partial charge in [-0.25, -0.2) is 0 Å². The summed E-state index contributed by atoms with van der Waals surface area (Å²) in [4.78, 5) is 10.8. The third-order valence-electron chi connectivity index (χ3n) is 3.26. The minimum atomic E-state index is -0.795. The lowest BCUT2D eigenvalue weighted by atomic mass is 9.94. The van der Waals surface area contributed by atoms with E-state index in [2.05, 4.69) is 26.8 Å². The topological polar surface area (TPSA) is 46.5 Å². The molecule has 0 aromatic heterocycles. The fraction of sp³-hybridized carbons (Fsp3) is 0.471. The summed E-state index contributed by atoms with van der Waals surface area (Å²) in [6.45, 7) is 6.35. The quantitative estimate of drug-likeness (QED) is 0.798. The first-order chi connectivity index (χ1) is 9.49. The highest BCUT2D eigenvalue weighted by Gasteiger charge is 2.10. The van der Waals surface area contributed by atoms with E-state index in [9.17, 15) is 4.79 Å². The Morgan fingerprint density at radius 2 is 2.10 bits per heavy atom. The van der Waals surface area contributed by atoms with Crippen molar-refractivity contribution in [3.63, 3.8) is 0 Å². The Kier molecular flexibility index (Phi) is 6.29. The summed E-state index contributed by atoms with van der Waals surface area (Å²) in [5.74, 6) is 0.460. The van der Waals surface area contributed by atoms with Gasteiger partial charge < -0.3 is 9.84 Å². The highest BCUT2D eigenvalue weighted by atomic mass is 16.5. The molecule has 1 aromatic carbocycles. The first-order valence-electron chi connectivity index (χ1n) is 7.08. The van der Waals surface area contributed by atoms with Crippen LogP contribution in [0.3, 0.4) is 0 Å². The average Bonchev–Trinajstić information content (AvgIpc) is 2.42. The molecule has 0 saturated carbocycles. The van der Waals surface area contributed by atoms with E-state index in [-0.39, 0.29) is 6.42 Å². The molecule has 3 nitrogen and oxygen atoms in total. The van der Waals surface area contributed by atoms with E-state index in [1.165, 1.54) is 0 Å². The molecule has 0 aliphatic rings.